The number of hydrogen-bond donors (Lipinski definition) is 1. The largest absolute Gasteiger partial charge is 0.375 e. The second-order valence-corrected chi connectivity index (χ2v) is 4.97. The zero-order valence-electron chi connectivity index (χ0n) is 8.61. The minimum atomic E-state index is -1.47. The molecule has 0 amide bonds. The molecule has 18 heavy (non-hydrogen) atoms. The van der Waals surface area contributed by atoms with Crippen LogP contribution in [0.5, 0.6) is 0 Å². The quantitative estimate of drug-likeness (QED) is 0.685. The van der Waals surface area contributed by atoms with E-state index in [1.165, 1.54) is 6.20 Å². The van der Waals surface area contributed by atoms with Crippen molar-refractivity contribution in [2.75, 3.05) is 5.32 Å². The molecule has 0 aliphatic carbocycles. The van der Waals surface area contributed by atoms with E-state index in [0.717, 1.165) is 11.3 Å². The van der Waals surface area contributed by atoms with E-state index in [9.17, 15) is 17.6 Å². The zero-order valence-corrected chi connectivity index (χ0v) is 10.2. The molecular formula is C10H5ClF4N2S. The molecule has 2 aromatic rings. The van der Waals surface area contributed by atoms with Gasteiger partial charge >= 0.3 is 0 Å². The van der Waals surface area contributed by atoms with Crippen molar-refractivity contribution >= 4 is 28.6 Å². The maximum Gasteiger partial charge on any atom is 0.185 e. The normalized spacial score (nSPS) is 10.7. The first-order chi connectivity index (χ1) is 8.49. The van der Waals surface area contributed by atoms with Crippen LogP contribution in [0, 0.1) is 23.3 Å². The van der Waals surface area contributed by atoms with Gasteiger partial charge in [0.2, 0.25) is 0 Å². The number of benzene rings is 1. The van der Waals surface area contributed by atoms with Crippen molar-refractivity contribution < 1.29 is 17.6 Å². The number of nitrogens with zero attached hydrogens (tertiary/aromatic N) is 1. The minimum absolute atomic E-state index is 0.0406. The second-order valence-electron chi connectivity index (χ2n) is 3.28. The van der Waals surface area contributed by atoms with Gasteiger partial charge in [0.15, 0.2) is 27.7 Å². The lowest BCUT2D eigenvalue weighted by atomic mass is 10.2. The van der Waals surface area contributed by atoms with E-state index in [1.54, 1.807) is 0 Å². The van der Waals surface area contributed by atoms with Crippen molar-refractivity contribution in [2.45, 2.75) is 6.54 Å². The maximum atomic E-state index is 13.3. The van der Waals surface area contributed by atoms with Crippen LogP contribution in [0.15, 0.2) is 12.3 Å². The average Bonchev–Trinajstić information content (AvgIpc) is 2.73. The molecule has 1 aromatic carbocycles. The highest BCUT2D eigenvalue weighted by Crippen LogP contribution is 2.25. The molecule has 1 aromatic heterocycles. The predicted molar refractivity (Wildman–Crippen MR) is 60.7 cm³/mol. The van der Waals surface area contributed by atoms with Crippen molar-refractivity contribution in [3.8, 4) is 0 Å². The van der Waals surface area contributed by atoms with Gasteiger partial charge in [-0.3, -0.25) is 0 Å². The van der Waals surface area contributed by atoms with E-state index < -0.39 is 29.0 Å². The van der Waals surface area contributed by atoms with Crippen LogP contribution in [0.2, 0.25) is 4.47 Å². The number of aromatic nitrogens is 1. The summed E-state index contributed by atoms with van der Waals surface area (Å²) in [6.07, 6.45) is 1.39. The first-order valence-corrected chi connectivity index (χ1v) is 5.85. The fourth-order valence-corrected chi connectivity index (χ4v) is 2.19. The van der Waals surface area contributed by atoms with E-state index in [0.29, 0.717) is 4.88 Å². The fraction of sp³-hybridized carbons (Fsp3) is 0.100. The van der Waals surface area contributed by atoms with Crippen LogP contribution in [-0.4, -0.2) is 4.98 Å². The molecule has 2 nitrogen and oxygen atoms in total. The number of thiazole rings is 1. The number of anilines is 1. The Kier molecular flexibility index (Phi) is 3.72. The Morgan fingerprint density at radius 2 is 1.78 bits per heavy atom. The van der Waals surface area contributed by atoms with E-state index in [-0.39, 0.29) is 17.1 Å². The highest BCUT2D eigenvalue weighted by Gasteiger charge is 2.18. The molecule has 0 spiro atoms. The predicted octanol–water partition coefficient (Wildman–Crippen LogP) is 3.97. The Balaban J connectivity index is 2.24. The van der Waals surface area contributed by atoms with Crippen LogP contribution in [-0.2, 0) is 6.54 Å². The van der Waals surface area contributed by atoms with Crippen LogP contribution in [0.25, 0.3) is 0 Å². The smallest absolute Gasteiger partial charge is 0.185 e. The summed E-state index contributed by atoms with van der Waals surface area (Å²) in [7, 11) is 0. The molecule has 0 unspecified atom stereocenters. The third-order valence-corrected chi connectivity index (χ3v) is 3.19. The minimum Gasteiger partial charge on any atom is -0.375 e. The molecule has 0 saturated heterocycles. The molecule has 8 heteroatoms. The van der Waals surface area contributed by atoms with Crippen LogP contribution < -0.4 is 5.32 Å². The molecule has 0 bridgehead atoms. The van der Waals surface area contributed by atoms with E-state index >= 15 is 0 Å². The molecular weight excluding hydrogens is 292 g/mol. The van der Waals surface area contributed by atoms with Crippen molar-refractivity contribution in [1.82, 2.24) is 4.98 Å². The van der Waals surface area contributed by atoms with Gasteiger partial charge in [-0.25, -0.2) is 22.5 Å². The van der Waals surface area contributed by atoms with Gasteiger partial charge in [-0.15, -0.1) is 11.3 Å². The lowest BCUT2D eigenvalue weighted by molar-refractivity contribution is 0.458. The van der Waals surface area contributed by atoms with Gasteiger partial charge < -0.3 is 5.32 Å². The van der Waals surface area contributed by atoms with Crippen molar-refractivity contribution in [2.24, 2.45) is 0 Å². The Morgan fingerprint density at radius 3 is 2.28 bits per heavy atom. The van der Waals surface area contributed by atoms with Crippen LogP contribution in [0.4, 0.5) is 23.2 Å². The van der Waals surface area contributed by atoms with Crippen molar-refractivity contribution in [3.63, 3.8) is 0 Å². The molecule has 0 fully saturated rings. The molecule has 0 aliphatic heterocycles. The first kappa shape index (κ1) is 13.1. The molecule has 0 aliphatic rings. The van der Waals surface area contributed by atoms with Gasteiger partial charge in [0.25, 0.3) is 0 Å². The van der Waals surface area contributed by atoms with Gasteiger partial charge in [0.1, 0.15) is 5.69 Å². The Morgan fingerprint density at radius 1 is 1.17 bits per heavy atom. The first-order valence-electron chi connectivity index (χ1n) is 4.66. The molecule has 2 rings (SSSR count). The van der Waals surface area contributed by atoms with Crippen LogP contribution >= 0.6 is 22.9 Å². The lowest BCUT2D eigenvalue weighted by Gasteiger charge is -2.08. The monoisotopic (exact) mass is 296 g/mol. The van der Waals surface area contributed by atoms with Gasteiger partial charge in [0, 0.05) is 17.1 Å². The molecule has 96 valence electrons. The standard InChI is InChI=1S/C10H5ClF4N2S/c11-10-17-3-4(18-10)2-16-9-7(14)5(12)1-6(13)8(9)15/h1,3,16H,2H2. The van der Waals surface area contributed by atoms with Crippen molar-refractivity contribution in [3.05, 3.63) is 44.9 Å². The molecule has 1 N–H and O–H groups in total. The van der Waals surface area contributed by atoms with Crippen LogP contribution in [0.1, 0.15) is 4.88 Å². The summed E-state index contributed by atoms with van der Waals surface area (Å²) in [4.78, 5) is 4.29. The molecule has 1 heterocycles. The third-order valence-electron chi connectivity index (χ3n) is 2.08. The third kappa shape index (κ3) is 2.56. The molecule has 0 atom stereocenters. The summed E-state index contributed by atoms with van der Waals surface area (Å²) in [5.41, 5.74) is -0.850. The van der Waals surface area contributed by atoms with Crippen LogP contribution in [0.3, 0.4) is 0 Å². The SMILES string of the molecule is Fc1cc(F)c(F)c(NCc2cnc(Cl)s2)c1F. The molecule has 0 radical (unpaired) electrons. The number of nitrogens with one attached hydrogen (secondary N) is 1. The maximum absolute atomic E-state index is 13.3. The summed E-state index contributed by atoms with van der Waals surface area (Å²) in [5.74, 6) is -5.86. The van der Waals surface area contributed by atoms with Gasteiger partial charge in [-0.2, -0.15) is 0 Å². The molecule has 0 saturated carbocycles. The lowest BCUT2D eigenvalue weighted by Crippen LogP contribution is -2.06. The zero-order chi connectivity index (χ0) is 13.3. The Bertz CT molecular complexity index is 561. The number of halogens is 5. The Hall–Kier alpha value is -1.34. The highest BCUT2D eigenvalue weighted by molar-refractivity contribution is 7.15. The summed E-state index contributed by atoms with van der Waals surface area (Å²) in [5, 5.41) is 2.27. The second kappa shape index (κ2) is 5.11. The summed E-state index contributed by atoms with van der Waals surface area (Å²) < 4.78 is 52.6. The van der Waals surface area contributed by atoms with Gasteiger partial charge in [-0.05, 0) is 0 Å². The number of rotatable bonds is 3. The van der Waals surface area contributed by atoms with Gasteiger partial charge in [0.05, 0.1) is 6.54 Å². The van der Waals surface area contributed by atoms with Gasteiger partial charge in [-0.1, -0.05) is 11.6 Å². The Labute approximate surface area is 108 Å². The fourth-order valence-electron chi connectivity index (χ4n) is 1.27. The van der Waals surface area contributed by atoms with Crippen molar-refractivity contribution in [1.29, 1.82) is 0 Å². The van der Waals surface area contributed by atoms with E-state index in [4.69, 9.17) is 11.6 Å². The summed E-state index contributed by atoms with van der Waals surface area (Å²) >= 11 is 6.65. The summed E-state index contributed by atoms with van der Waals surface area (Å²) in [6, 6.07) is 0.152. The average molecular weight is 297 g/mol. The topological polar surface area (TPSA) is 24.9 Å². The highest BCUT2D eigenvalue weighted by atomic mass is 35.5. The van der Waals surface area contributed by atoms with E-state index in [1.807, 2.05) is 0 Å². The van der Waals surface area contributed by atoms with E-state index in [2.05, 4.69) is 10.3 Å². The summed E-state index contributed by atoms with van der Waals surface area (Å²) in [6.45, 7) is -0.0406. The number of hydrogen-bond acceptors (Lipinski definition) is 3.